The van der Waals surface area contributed by atoms with E-state index in [4.69, 9.17) is 4.74 Å². The Morgan fingerprint density at radius 2 is 2.13 bits per heavy atom. The zero-order valence-corrected chi connectivity index (χ0v) is 8.59. The van der Waals surface area contributed by atoms with E-state index in [2.05, 4.69) is 0 Å². The van der Waals surface area contributed by atoms with Gasteiger partial charge in [-0.05, 0) is 19.1 Å². The Bertz CT molecular complexity index is 364. The zero-order chi connectivity index (χ0) is 11.4. The van der Waals surface area contributed by atoms with Crippen LogP contribution in [0, 0.1) is 11.6 Å². The highest BCUT2D eigenvalue weighted by atomic mass is 19.1. The summed E-state index contributed by atoms with van der Waals surface area (Å²) in [5.41, 5.74) is -0.0969. The average molecular weight is 214 g/mol. The molecule has 4 heteroatoms. The monoisotopic (exact) mass is 214 g/mol. The van der Waals surface area contributed by atoms with Crippen LogP contribution in [0.3, 0.4) is 0 Å². The van der Waals surface area contributed by atoms with Gasteiger partial charge in [0.2, 0.25) is 0 Å². The van der Waals surface area contributed by atoms with Crippen molar-refractivity contribution in [3.05, 3.63) is 35.4 Å². The molecule has 0 fully saturated rings. The second-order valence-electron chi connectivity index (χ2n) is 3.30. The number of hydrogen-bond donors (Lipinski definition) is 0. The van der Waals surface area contributed by atoms with Gasteiger partial charge in [0, 0.05) is 19.6 Å². The first kappa shape index (κ1) is 11.8. The van der Waals surface area contributed by atoms with Crippen molar-refractivity contribution in [3.8, 4) is 0 Å². The molecule has 0 saturated heterocycles. The van der Waals surface area contributed by atoms with Crippen LogP contribution < -0.4 is 0 Å². The molecule has 1 aromatic carbocycles. The molecular formula is C11H12F2O2. The minimum absolute atomic E-state index is 0.0824. The lowest BCUT2D eigenvalue weighted by molar-refractivity contribution is 0.0788. The third kappa shape index (κ3) is 3.09. The van der Waals surface area contributed by atoms with Crippen molar-refractivity contribution in [1.29, 1.82) is 0 Å². The Kier molecular flexibility index (Phi) is 3.91. The maximum Gasteiger partial charge on any atom is 0.168 e. The van der Waals surface area contributed by atoms with Gasteiger partial charge in [-0.3, -0.25) is 4.79 Å². The molecule has 0 spiro atoms. The fourth-order valence-corrected chi connectivity index (χ4v) is 1.17. The summed E-state index contributed by atoms with van der Waals surface area (Å²) in [7, 11) is 1.47. The molecule has 82 valence electrons. The van der Waals surface area contributed by atoms with E-state index in [9.17, 15) is 13.6 Å². The van der Waals surface area contributed by atoms with Gasteiger partial charge in [-0.1, -0.05) is 0 Å². The van der Waals surface area contributed by atoms with Crippen LogP contribution in [0.15, 0.2) is 18.2 Å². The number of halogens is 2. The first-order valence-electron chi connectivity index (χ1n) is 4.55. The predicted molar refractivity (Wildman–Crippen MR) is 51.8 cm³/mol. The number of Topliss-reactive ketones (excluding diaryl/α,β-unsaturated/α-hetero) is 1. The highest BCUT2D eigenvalue weighted by Crippen LogP contribution is 2.13. The summed E-state index contributed by atoms with van der Waals surface area (Å²) >= 11 is 0. The van der Waals surface area contributed by atoms with E-state index in [0.29, 0.717) is 6.07 Å². The van der Waals surface area contributed by atoms with Crippen LogP contribution in [0.2, 0.25) is 0 Å². The van der Waals surface area contributed by atoms with E-state index < -0.39 is 11.6 Å². The molecule has 0 bridgehead atoms. The summed E-state index contributed by atoms with van der Waals surface area (Å²) in [5, 5.41) is 0. The van der Waals surface area contributed by atoms with Gasteiger partial charge in [-0.25, -0.2) is 8.78 Å². The lowest BCUT2D eigenvalue weighted by atomic mass is 10.1. The molecule has 1 unspecified atom stereocenters. The number of carbonyl (C=O) groups excluding carboxylic acids is 1. The highest BCUT2D eigenvalue weighted by Gasteiger charge is 2.15. The molecule has 0 heterocycles. The van der Waals surface area contributed by atoms with E-state index >= 15 is 0 Å². The number of hydrogen-bond acceptors (Lipinski definition) is 2. The molecule has 0 amide bonds. The summed E-state index contributed by atoms with van der Waals surface area (Å²) in [4.78, 5) is 11.5. The van der Waals surface area contributed by atoms with Crippen molar-refractivity contribution in [2.75, 3.05) is 7.11 Å². The van der Waals surface area contributed by atoms with Crippen LogP contribution in [-0.2, 0) is 4.74 Å². The van der Waals surface area contributed by atoms with E-state index in [-0.39, 0.29) is 23.9 Å². The number of benzene rings is 1. The van der Waals surface area contributed by atoms with Crippen LogP contribution in [0.5, 0.6) is 0 Å². The molecule has 0 saturated carbocycles. The van der Waals surface area contributed by atoms with Crippen LogP contribution in [-0.4, -0.2) is 19.0 Å². The largest absolute Gasteiger partial charge is 0.381 e. The van der Waals surface area contributed by atoms with E-state index in [0.717, 1.165) is 12.1 Å². The molecule has 2 nitrogen and oxygen atoms in total. The molecule has 1 atom stereocenters. The number of methoxy groups -OCH3 is 1. The van der Waals surface area contributed by atoms with Crippen molar-refractivity contribution in [2.24, 2.45) is 0 Å². The minimum atomic E-state index is -0.830. The topological polar surface area (TPSA) is 26.3 Å². The quantitative estimate of drug-likeness (QED) is 0.720. The van der Waals surface area contributed by atoms with Crippen molar-refractivity contribution in [2.45, 2.75) is 19.4 Å². The molecule has 15 heavy (non-hydrogen) atoms. The fourth-order valence-electron chi connectivity index (χ4n) is 1.17. The smallest absolute Gasteiger partial charge is 0.168 e. The zero-order valence-electron chi connectivity index (χ0n) is 8.59. The lowest BCUT2D eigenvalue weighted by Gasteiger charge is -2.08. The van der Waals surface area contributed by atoms with E-state index in [1.165, 1.54) is 7.11 Å². The lowest BCUT2D eigenvalue weighted by Crippen LogP contribution is -2.13. The van der Waals surface area contributed by atoms with Gasteiger partial charge in [-0.2, -0.15) is 0 Å². The Morgan fingerprint density at radius 3 is 2.67 bits per heavy atom. The summed E-state index contributed by atoms with van der Waals surface area (Å²) in [6.45, 7) is 1.71. The fraction of sp³-hybridized carbons (Fsp3) is 0.364. The number of carbonyl (C=O) groups is 1. The van der Waals surface area contributed by atoms with Gasteiger partial charge in [-0.15, -0.1) is 0 Å². The molecule has 0 N–H and O–H groups in total. The summed E-state index contributed by atoms with van der Waals surface area (Å²) < 4.78 is 30.6. The maximum atomic E-state index is 13.2. The van der Waals surface area contributed by atoms with Crippen LogP contribution in [0.1, 0.15) is 23.7 Å². The SMILES string of the molecule is COC(C)CC(=O)c1ccc(F)cc1F. The van der Waals surface area contributed by atoms with Gasteiger partial charge >= 0.3 is 0 Å². The Balaban J connectivity index is 2.82. The van der Waals surface area contributed by atoms with Crippen molar-refractivity contribution in [1.82, 2.24) is 0 Å². The number of rotatable bonds is 4. The first-order valence-corrected chi connectivity index (χ1v) is 4.55. The van der Waals surface area contributed by atoms with Crippen molar-refractivity contribution in [3.63, 3.8) is 0 Å². The molecular weight excluding hydrogens is 202 g/mol. The first-order chi connectivity index (χ1) is 7.04. The van der Waals surface area contributed by atoms with Crippen molar-refractivity contribution < 1.29 is 18.3 Å². The van der Waals surface area contributed by atoms with Crippen LogP contribution >= 0.6 is 0 Å². The molecule has 0 radical (unpaired) electrons. The van der Waals surface area contributed by atoms with Gasteiger partial charge in [0.05, 0.1) is 11.7 Å². The van der Waals surface area contributed by atoms with Gasteiger partial charge < -0.3 is 4.74 Å². The highest BCUT2D eigenvalue weighted by molar-refractivity contribution is 5.96. The molecule has 1 rings (SSSR count). The predicted octanol–water partition coefficient (Wildman–Crippen LogP) is 2.57. The van der Waals surface area contributed by atoms with Crippen molar-refractivity contribution >= 4 is 5.78 Å². The summed E-state index contributed by atoms with van der Waals surface area (Å²) in [5.74, 6) is -1.91. The average Bonchev–Trinajstić information content (AvgIpc) is 2.17. The number of ketones is 1. The minimum Gasteiger partial charge on any atom is -0.381 e. The molecule has 0 aliphatic carbocycles. The molecule has 0 aromatic heterocycles. The second kappa shape index (κ2) is 4.98. The summed E-state index contributed by atoms with van der Waals surface area (Å²) in [6, 6.07) is 2.91. The standard InChI is InChI=1S/C11H12F2O2/c1-7(15-2)5-11(14)9-4-3-8(12)6-10(9)13/h3-4,6-7H,5H2,1-2H3. The molecule has 0 aliphatic rings. The third-order valence-corrected chi connectivity index (χ3v) is 2.11. The van der Waals surface area contributed by atoms with Gasteiger partial charge in [0.25, 0.3) is 0 Å². The van der Waals surface area contributed by atoms with Gasteiger partial charge in [0.15, 0.2) is 5.78 Å². The third-order valence-electron chi connectivity index (χ3n) is 2.11. The van der Waals surface area contributed by atoms with Crippen LogP contribution in [0.4, 0.5) is 8.78 Å². The van der Waals surface area contributed by atoms with Crippen LogP contribution in [0.25, 0.3) is 0 Å². The Hall–Kier alpha value is -1.29. The Labute approximate surface area is 86.9 Å². The summed E-state index contributed by atoms with van der Waals surface area (Å²) in [6.07, 6.45) is -0.194. The molecule has 1 aromatic rings. The Morgan fingerprint density at radius 1 is 1.47 bits per heavy atom. The maximum absolute atomic E-state index is 13.2. The van der Waals surface area contributed by atoms with E-state index in [1.54, 1.807) is 6.92 Å². The molecule has 0 aliphatic heterocycles. The normalized spacial score (nSPS) is 12.5. The number of ether oxygens (including phenoxy) is 1. The van der Waals surface area contributed by atoms with E-state index in [1.807, 2.05) is 0 Å². The van der Waals surface area contributed by atoms with Gasteiger partial charge in [0.1, 0.15) is 11.6 Å². The second-order valence-corrected chi connectivity index (χ2v) is 3.30.